The number of likely N-dealkylation sites (N-methyl/N-ethyl adjacent to an activating group) is 1. The van der Waals surface area contributed by atoms with Crippen molar-refractivity contribution in [2.75, 3.05) is 50.7 Å². The summed E-state index contributed by atoms with van der Waals surface area (Å²) in [6, 6.07) is 12.2. The molecule has 1 aromatic carbocycles. The third-order valence-corrected chi connectivity index (χ3v) is 8.17. The molecule has 4 aromatic rings. The van der Waals surface area contributed by atoms with Gasteiger partial charge in [0, 0.05) is 69.1 Å². The van der Waals surface area contributed by atoms with Crippen LogP contribution in [0.1, 0.15) is 55.4 Å². The largest absolute Gasteiger partial charge is 0.372 e. The zero-order valence-electron chi connectivity index (χ0n) is 28.3. The number of benzene rings is 1. The van der Waals surface area contributed by atoms with Crippen molar-refractivity contribution in [2.45, 2.75) is 66.1 Å². The number of aryl methyl sites for hydroxylation is 4. The second kappa shape index (κ2) is 16.3. The Morgan fingerprint density at radius 1 is 0.848 bits per heavy atom. The number of rotatable bonds is 10. The normalized spacial score (nSPS) is 14.4. The molecule has 10 heteroatoms. The van der Waals surface area contributed by atoms with E-state index in [1.54, 1.807) is 12.4 Å². The smallest absolute Gasteiger partial charge is 0.251 e. The highest BCUT2D eigenvalue weighted by Gasteiger charge is 2.14. The van der Waals surface area contributed by atoms with E-state index < -0.39 is 0 Å². The molecule has 1 saturated heterocycles. The van der Waals surface area contributed by atoms with Crippen molar-refractivity contribution < 1.29 is 9.47 Å². The minimum atomic E-state index is -0.0658. The van der Waals surface area contributed by atoms with E-state index in [1.807, 2.05) is 45.0 Å². The molecule has 4 heterocycles. The van der Waals surface area contributed by atoms with Crippen molar-refractivity contribution in [2.24, 2.45) is 0 Å². The number of nitrogens with one attached hydrogen (secondary N) is 2. The van der Waals surface area contributed by atoms with Gasteiger partial charge in [-0.2, -0.15) is 0 Å². The molecule has 3 aromatic heterocycles. The summed E-state index contributed by atoms with van der Waals surface area (Å²) in [5, 5.41) is 0. The summed E-state index contributed by atoms with van der Waals surface area (Å²) in [5.74, 6) is 0.649. The Bertz CT molecular complexity index is 1670. The summed E-state index contributed by atoms with van der Waals surface area (Å²) >= 11 is 0. The van der Waals surface area contributed by atoms with Gasteiger partial charge in [-0.05, 0) is 86.9 Å². The van der Waals surface area contributed by atoms with E-state index in [1.165, 1.54) is 6.42 Å². The molecular weight excluding hydrogens is 580 g/mol. The molecule has 1 atom stereocenters. The summed E-state index contributed by atoms with van der Waals surface area (Å²) in [4.78, 5) is 42.3. The highest BCUT2D eigenvalue weighted by Crippen LogP contribution is 2.25. The van der Waals surface area contributed by atoms with Gasteiger partial charge in [0.05, 0.1) is 18.0 Å². The van der Waals surface area contributed by atoms with Gasteiger partial charge in [0.15, 0.2) is 6.29 Å². The lowest BCUT2D eigenvalue weighted by Crippen LogP contribution is -2.28. The van der Waals surface area contributed by atoms with Gasteiger partial charge in [-0.15, -0.1) is 0 Å². The molecule has 0 spiro atoms. The molecule has 10 nitrogen and oxygen atoms in total. The van der Waals surface area contributed by atoms with Crippen LogP contribution in [0.5, 0.6) is 0 Å². The Morgan fingerprint density at radius 3 is 1.91 bits per heavy atom. The molecule has 5 rings (SSSR count). The van der Waals surface area contributed by atoms with E-state index in [9.17, 15) is 9.59 Å². The Kier molecular flexibility index (Phi) is 12.3. The summed E-state index contributed by atoms with van der Waals surface area (Å²) in [7, 11) is 5.84. The molecule has 0 bridgehead atoms. The van der Waals surface area contributed by atoms with Gasteiger partial charge in [0.2, 0.25) is 5.95 Å². The van der Waals surface area contributed by atoms with Crippen LogP contribution in [0.4, 0.5) is 11.6 Å². The van der Waals surface area contributed by atoms with E-state index in [0.717, 1.165) is 89.3 Å². The fourth-order valence-corrected chi connectivity index (χ4v) is 5.31. The van der Waals surface area contributed by atoms with Crippen LogP contribution in [0.3, 0.4) is 0 Å². The molecule has 246 valence electrons. The molecule has 1 fully saturated rings. The Labute approximate surface area is 271 Å². The predicted octanol–water partition coefficient (Wildman–Crippen LogP) is 5.66. The van der Waals surface area contributed by atoms with Crippen molar-refractivity contribution in [1.82, 2.24) is 19.9 Å². The maximum Gasteiger partial charge on any atom is 0.251 e. The molecule has 0 saturated carbocycles. The lowest BCUT2D eigenvalue weighted by Gasteiger charge is -2.25. The number of hydrogen-bond donors (Lipinski definition) is 2. The standard InChI is InChI=1S/C22H30N2O3.C14H18N4O/c1-4-17-15-16(2)22(25)23-21(17)18-8-10-19(11-9-18)24(3)12-14-27-20-7-5-6-13-26-20;1-5-10-6-9(2)13(19)17-12(10)11-7-15-14(16-8-11)18(3)4/h8-11,15,20H,4-7,12-14H2,1-3H3,(H,23,25);6-8H,5H2,1-4H3,(H,17,19). The molecule has 1 unspecified atom stereocenters. The van der Waals surface area contributed by atoms with Crippen molar-refractivity contribution in [3.63, 3.8) is 0 Å². The molecule has 0 aliphatic carbocycles. The number of ether oxygens (including phenoxy) is 2. The van der Waals surface area contributed by atoms with Crippen molar-refractivity contribution >= 4 is 11.6 Å². The summed E-state index contributed by atoms with van der Waals surface area (Å²) in [5.41, 5.74) is 8.37. The number of aromatic amines is 2. The van der Waals surface area contributed by atoms with E-state index >= 15 is 0 Å². The van der Waals surface area contributed by atoms with E-state index in [-0.39, 0.29) is 17.4 Å². The fraction of sp³-hybridized carbons (Fsp3) is 0.444. The molecular formula is C36H48N6O4. The molecule has 46 heavy (non-hydrogen) atoms. The monoisotopic (exact) mass is 628 g/mol. The zero-order chi connectivity index (χ0) is 33.2. The predicted molar refractivity (Wildman–Crippen MR) is 186 cm³/mol. The highest BCUT2D eigenvalue weighted by atomic mass is 16.7. The zero-order valence-corrected chi connectivity index (χ0v) is 28.3. The topological polar surface area (TPSA) is 116 Å². The SMILES string of the molecule is CCc1cc(C)c(=O)[nH]c1-c1ccc(N(C)CCOC2CCCCO2)cc1.CCc1cc(C)c(=O)[nH]c1-c1cnc(N(C)C)nc1. The number of pyridine rings is 2. The van der Waals surface area contributed by atoms with Crippen LogP contribution < -0.4 is 20.9 Å². The van der Waals surface area contributed by atoms with Crippen LogP contribution in [0.25, 0.3) is 22.5 Å². The van der Waals surface area contributed by atoms with Crippen LogP contribution in [-0.4, -0.2) is 67.1 Å². The maximum atomic E-state index is 12.0. The summed E-state index contributed by atoms with van der Waals surface area (Å²) < 4.78 is 11.4. The first-order chi connectivity index (χ1) is 22.1. The summed E-state index contributed by atoms with van der Waals surface area (Å²) in [6.45, 7) is 10.1. The first-order valence-electron chi connectivity index (χ1n) is 16.1. The van der Waals surface area contributed by atoms with Gasteiger partial charge in [-0.3, -0.25) is 9.59 Å². The summed E-state index contributed by atoms with van der Waals surface area (Å²) in [6.07, 6.45) is 8.48. The second-order valence-electron chi connectivity index (χ2n) is 11.9. The molecule has 0 amide bonds. The van der Waals surface area contributed by atoms with Gasteiger partial charge in [-0.25, -0.2) is 9.97 Å². The van der Waals surface area contributed by atoms with Crippen LogP contribution in [-0.2, 0) is 22.3 Å². The number of hydrogen-bond acceptors (Lipinski definition) is 8. The van der Waals surface area contributed by atoms with Gasteiger partial charge in [0.1, 0.15) is 0 Å². The van der Waals surface area contributed by atoms with Gasteiger partial charge < -0.3 is 29.2 Å². The minimum Gasteiger partial charge on any atom is -0.372 e. The number of aromatic nitrogens is 4. The Balaban J connectivity index is 0.000000222. The van der Waals surface area contributed by atoms with Gasteiger partial charge >= 0.3 is 0 Å². The minimum absolute atomic E-state index is 0.0227. The lowest BCUT2D eigenvalue weighted by atomic mass is 10.0. The first-order valence-corrected chi connectivity index (χ1v) is 16.1. The Hall–Kier alpha value is -4.28. The van der Waals surface area contributed by atoms with Crippen LogP contribution in [0.2, 0.25) is 0 Å². The highest BCUT2D eigenvalue weighted by molar-refractivity contribution is 5.66. The van der Waals surface area contributed by atoms with Gasteiger partial charge in [0.25, 0.3) is 11.1 Å². The average Bonchev–Trinajstić information content (AvgIpc) is 3.07. The van der Waals surface area contributed by atoms with Crippen molar-refractivity contribution in [3.8, 4) is 22.5 Å². The van der Waals surface area contributed by atoms with Gasteiger partial charge in [-0.1, -0.05) is 26.0 Å². The maximum absolute atomic E-state index is 12.0. The first kappa shape index (κ1) is 34.6. The van der Waals surface area contributed by atoms with E-state index in [0.29, 0.717) is 12.6 Å². The fourth-order valence-electron chi connectivity index (χ4n) is 5.31. The lowest BCUT2D eigenvalue weighted by molar-refractivity contribution is -0.160. The quantitative estimate of drug-likeness (QED) is 0.231. The van der Waals surface area contributed by atoms with Crippen molar-refractivity contribution in [3.05, 3.63) is 91.8 Å². The number of H-pyrrole nitrogens is 2. The molecule has 1 aliphatic heterocycles. The number of nitrogens with zero attached hydrogens (tertiary/aromatic N) is 4. The molecule has 0 radical (unpaired) electrons. The molecule has 1 aliphatic rings. The van der Waals surface area contributed by atoms with E-state index in [4.69, 9.17) is 9.47 Å². The second-order valence-corrected chi connectivity index (χ2v) is 11.9. The third-order valence-electron chi connectivity index (χ3n) is 8.17. The Morgan fingerprint density at radius 2 is 1.41 bits per heavy atom. The number of anilines is 2. The van der Waals surface area contributed by atoms with Crippen LogP contribution in [0, 0.1) is 13.8 Å². The average molecular weight is 629 g/mol. The van der Waals surface area contributed by atoms with Crippen LogP contribution >= 0.6 is 0 Å². The third kappa shape index (κ3) is 8.92. The van der Waals surface area contributed by atoms with Crippen molar-refractivity contribution in [1.29, 1.82) is 0 Å². The van der Waals surface area contributed by atoms with Crippen LogP contribution in [0.15, 0.2) is 58.4 Å². The van der Waals surface area contributed by atoms with E-state index in [2.05, 4.69) is 70.0 Å². The molecule has 2 N–H and O–H groups in total.